The number of benzene rings is 1. The SMILES string of the molecule is O=C(COc1ccc2nncn2n1)N[C@@H](Cn1cccn1)c1ccccc1. The van der Waals surface area contributed by atoms with Crippen molar-refractivity contribution in [1.29, 1.82) is 0 Å². The molecule has 0 aliphatic heterocycles. The molecule has 0 aliphatic carbocycles. The summed E-state index contributed by atoms with van der Waals surface area (Å²) in [5, 5.41) is 19.0. The molecule has 0 fully saturated rings. The van der Waals surface area contributed by atoms with Crippen molar-refractivity contribution in [2.45, 2.75) is 12.6 Å². The molecule has 0 aliphatic rings. The molecular formula is C18H17N7O2. The van der Waals surface area contributed by atoms with Crippen LogP contribution in [0.25, 0.3) is 5.65 Å². The molecule has 0 spiro atoms. The summed E-state index contributed by atoms with van der Waals surface area (Å²) in [6, 6.07) is 14.7. The van der Waals surface area contributed by atoms with Crippen LogP contribution in [0.2, 0.25) is 0 Å². The first-order valence-electron chi connectivity index (χ1n) is 8.39. The molecule has 1 aromatic carbocycles. The Bertz CT molecular complexity index is 1010. The number of ether oxygens (including phenoxy) is 1. The van der Waals surface area contributed by atoms with Crippen LogP contribution in [-0.4, -0.2) is 42.1 Å². The summed E-state index contributed by atoms with van der Waals surface area (Å²) in [6.45, 7) is 0.372. The van der Waals surface area contributed by atoms with Crippen LogP contribution in [0.15, 0.2) is 67.3 Å². The zero-order chi connectivity index (χ0) is 18.5. The van der Waals surface area contributed by atoms with Crippen LogP contribution in [-0.2, 0) is 11.3 Å². The highest BCUT2D eigenvalue weighted by molar-refractivity contribution is 5.78. The van der Waals surface area contributed by atoms with Crippen molar-refractivity contribution in [3.8, 4) is 5.88 Å². The molecule has 1 atom stereocenters. The third-order valence-corrected chi connectivity index (χ3v) is 3.95. The number of nitrogens with one attached hydrogen (secondary N) is 1. The molecule has 0 saturated carbocycles. The van der Waals surface area contributed by atoms with E-state index in [-0.39, 0.29) is 18.6 Å². The van der Waals surface area contributed by atoms with Crippen LogP contribution in [0.5, 0.6) is 5.88 Å². The van der Waals surface area contributed by atoms with E-state index in [0.29, 0.717) is 18.1 Å². The molecule has 1 N–H and O–H groups in total. The average Bonchev–Trinajstić information content (AvgIpc) is 3.38. The molecule has 0 bridgehead atoms. The van der Waals surface area contributed by atoms with Gasteiger partial charge in [0.15, 0.2) is 12.3 Å². The van der Waals surface area contributed by atoms with E-state index < -0.39 is 0 Å². The van der Waals surface area contributed by atoms with Gasteiger partial charge in [-0.3, -0.25) is 9.48 Å². The molecule has 1 amide bonds. The van der Waals surface area contributed by atoms with Crippen LogP contribution in [0.4, 0.5) is 0 Å². The summed E-state index contributed by atoms with van der Waals surface area (Å²) in [5.74, 6) is 0.0717. The molecule has 27 heavy (non-hydrogen) atoms. The maximum atomic E-state index is 12.4. The van der Waals surface area contributed by atoms with Gasteiger partial charge in [-0.15, -0.1) is 15.3 Å². The number of fused-ring (bicyclic) bond motifs is 1. The molecule has 136 valence electrons. The zero-order valence-electron chi connectivity index (χ0n) is 14.3. The van der Waals surface area contributed by atoms with Gasteiger partial charge in [0, 0.05) is 18.5 Å². The van der Waals surface area contributed by atoms with E-state index in [0.717, 1.165) is 5.56 Å². The fourth-order valence-corrected chi connectivity index (χ4v) is 2.68. The maximum absolute atomic E-state index is 12.4. The Hall–Kier alpha value is -3.75. The van der Waals surface area contributed by atoms with Gasteiger partial charge in [0.2, 0.25) is 5.88 Å². The lowest BCUT2D eigenvalue weighted by Gasteiger charge is -2.19. The molecule has 0 saturated heterocycles. The molecular weight excluding hydrogens is 346 g/mol. The van der Waals surface area contributed by atoms with Crippen molar-refractivity contribution in [1.82, 2.24) is 34.9 Å². The molecule has 3 heterocycles. The molecule has 0 radical (unpaired) electrons. The first-order chi connectivity index (χ1) is 13.3. The van der Waals surface area contributed by atoms with Gasteiger partial charge in [-0.1, -0.05) is 30.3 Å². The number of rotatable bonds is 7. The predicted molar refractivity (Wildman–Crippen MR) is 95.8 cm³/mol. The lowest BCUT2D eigenvalue weighted by molar-refractivity contribution is -0.124. The maximum Gasteiger partial charge on any atom is 0.258 e. The molecule has 4 rings (SSSR count). The van der Waals surface area contributed by atoms with Gasteiger partial charge in [-0.05, 0) is 17.7 Å². The van der Waals surface area contributed by atoms with E-state index in [1.54, 1.807) is 23.0 Å². The quantitative estimate of drug-likeness (QED) is 0.531. The fourth-order valence-electron chi connectivity index (χ4n) is 2.68. The second kappa shape index (κ2) is 7.65. The van der Waals surface area contributed by atoms with Crippen LogP contribution < -0.4 is 10.1 Å². The molecule has 0 unspecified atom stereocenters. The van der Waals surface area contributed by atoms with E-state index in [2.05, 4.69) is 25.7 Å². The van der Waals surface area contributed by atoms with E-state index in [9.17, 15) is 4.79 Å². The highest BCUT2D eigenvalue weighted by atomic mass is 16.5. The van der Waals surface area contributed by atoms with Gasteiger partial charge < -0.3 is 10.1 Å². The lowest BCUT2D eigenvalue weighted by Crippen LogP contribution is -2.35. The topological polar surface area (TPSA) is 99.2 Å². The van der Waals surface area contributed by atoms with Gasteiger partial charge in [0.1, 0.15) is 6.33 Å². The van der Waals surface area contributed by atoms with Crippen LogP contribution >= 0.6 is 0 Å². The van der Waals surface area contributed by atoms with Crippen LogP contribution in [0.1, 0.15) is 11.6 Å². The number of hydrogen-bond donors (Lipinski definition) is 1. The Morgan fingerprint density at radius 1 is 1.15 bits per heavy atom. The minimum absolute atomic E-state index is 0.150. The van der Waals surface area contributed by atoms with Crippen molar-refractivity contribution in [3.63, 3.8) is 0 Å². The van der Waals surface area contributed by atoms with Gasteiger partial charge in [-0.2, -0.15) is 9.61 Å². The average molecular weight is 363 g/mol. The Kier molecular flexibility index (Phi) is 4.73. The van der Waals surface area contributed by atoms with Crippen molar-refractivity contribution < 1.29 is 9.53 Å². The Morgan fingerprint density at radius 2 is 2.04 bits per heavy atom. The van der Waals surface area contributed by atoms with E-state index >= 15 is 0 Å². The summed E-state index contributed by atoms with van der Waals surface area (Å²) in [6.07, 6.45) is 5.04. The van der Waals surface area contributed by atoms with Gasteiger partial charge in [0.25, 0.3) is 5.91 Å². The summed E-state index contributed by atoms with van der Waals surface area (Å²) < 4.78 is 8.76. The van der Waals surface area contributed by atoms with Crippen molar-refractivity contribution in [2.75, 3.05) is 6.61 Å². The number of nitrogens with zero attached hydrogens (tertiary/aromatic N) is 6. The standard InChI is InChI=1S/C18H17N7O2/c26-17(12-27-18-8-7-16-22-19-13-25(16)23-18)21-15(11-24-10-4-9-20-24)14-5-2-1-3-6-14/h1-10,13,15H,11-12H2,(H,21,26)/t15-/m0/s1. The number of aromatic nitrogens is 6. The Balaban J connectivity index is 1.41. The normalized spacial score (nSPS) is 12.0. The van der Waals surface area contributed by atoms with Crippen molar-refractivity contribution >= 4 is 11.6 Å². The Morgan fingerprint density at radius 3 is 2.85 bits per heavy atom. The number of hydrogen-bond acceptors (Lipinski definition) is 6. The highest BCUT2D eigenvalue weighted by Crippen LogP contribution is 2.15. The summed E-state index contributed by atoms with van der Waals surface area (Å²) in [5.41, 5.74) is 1.60. The van der Waals surface area contributed by atoms with E-state index in [1.807, 2.05) is 42.6 Å². The molecule has 9 heteroatoms. The number of carbonyl (C=O) groups excluding carboxylic acids is 1. The van der Waals surface area contributed by atoms with E-state index in [1.165, 1.54) is 10.8 Å². The Labute approximate surface area is 154 Å². The van der Waals surface area contributed by atoms with Crippen LogP contribution in [0, 0.1) is 0 Å². The minimum atomic E-state index is -0.248. The monoisotopic (exact) mass is 363 g/mol. The smallest absolute Gasteiger partial charge is 0.258 e. The molecule has 4 aromatic rings. The predicted octanol–water partition coefficient (Wildman–Crippen LogP) is 1.26. The third-order valence-electron chi connectivity index (χ3n) is 3.95. The van der Waals surface area contributed by atoms with E-state index in [4.69, 9.17) is 4.74 Å². The summed E-state index contributed by atoms with van der Waals surface area (Å²) in [4.78, 5) is 12.4. The zero-order valence-corrected chi connectivity index (χ0v) is 14.3. The second-order valence-electron chi connectivity index (χ2n) is 5.85. The first kappa shape index (κ1) is 16.7. The van der Waals surface area contributed by atoms with Gasteiger partial charge in [-0.25, -0.2) is 0 Å². The first-order valence-corrected chi connectivity index (χ1v) is 8.39. The number of amides is 1. The summed E-state index contributed by atoms with van der Waals surface area (Å²) in [7, 11) is 0. The largest absolute Gasteiger partial charge is 0.467 e. The number of carbonyl (C=O) groups is 1. The molecule has 3 aromatic heterocycles. The third kappa shape index (κ3) is 4.09. The van der Waals surface area contributed by atoms with Crippen molar-refractivity contribution in [3.05, 3.63) is 72.8 Å². The van der Waals surface area contributed by atoms with Gasteiger partial charge in [0.05, 0.1) is 12.6 Å². The minimum Gasteiger partial charge on any atom is -0.467 e. The molecule has 9 nitrogen and oxygen atoms in total. The van der Waals surface area contributed by atoms with Gasteiger partial charge >= 0.3 is 0 Å². The fraction of sp³-hybridized carbons (Fsp3) is 0.167. The second-order valence-corrected chi connectivity index (χ2v) is 5.85. The lowest BCUT2D eigenvalue weighted by atomic mass is 10.1. The van der Waals surface area contributed by atoms with Crippen LogP contribution in [0.3, 0.4) is 0 Å². The highest BCUT2D eigenvalue weighted by Gasteiger charge is 2.16. The van der Waals surface area contributed by atoms with Crippen molar-refractivity contribution in [2.24, 2.45) is 0 Å². The summed E-state index contributed by atoms with van der Waals surface area (Å²) >= 11 is 0.